The maximum Gasteiger partial charge on any atom is 0.210 e. The largest absolute Gasteiger partial charge is 0.394 e. The fourth-order valence-electron chi connectivity index (χ4n) is 2.74. The van der Waals surface area contributed by atoms with Gasteiger partial charge in [-0.25, -0.2) is 4.98 Å². The van der Waals surface area contributed by atoms with E-state index in [2.05, 4.69) is 19.9 Å². The van der Waals surface area contributed by atoms with Crippen LogP contribution >= 0.6 is 0 Å². The number of aliphatic hydroxyl groups excluding tert-OH is 2. The summed E-state index contributed by atoms with van der Waals surface area (Å²) < 4.78 is 7.59. The zero-order chi connectivity index (χ0) is 15.9. The molecule has 120 valence electrons. The minimum absolute atomic E-state index is 0.228. The van der Waals surface area contributed by atoms with Crippen LogP contribution in [0.15, 0.2) is 11.3 Å². The Labute approximate surface area is 126 Å². The summed E-state index contributed by atoms with van der Waals surface area (Å²) in [5.74, 6) is 0.621. The Hall–Kier alpha value is -1.97. The van der Waals surface area contributed by atoms with Gasteiger partial charge in [-0.3, -0.25) is 9.56 Å². The molecule has 1 saturated heterocycles. The molecule has 3 heterocycles. The number of aromatic nitrogens is 4. The lowest BCUT2D eigenvalue weighted by Gasteiger charge is -2.23. The Morgan fingerprint density at radius 3 is 2.91 bits per heavy atom. The zero-order valence-corrected chi connectivity index (χ0v) is 12.8. The van der Waals surface area contributed by atoms with Crippen LogP contribution in [0.5, 0.6) is 0 Å². The number of rotatable bonds is 3. The van der Waals surface area contributed by atoms with Crippen molar-refractivity contribution in [1.82, 2.24) is 19.5 Å². The fraction of sp³-hybridized carbons (Fsp3) is 0.615. The van der Waals surface area contributed by atoms with Crippen molar-refractivity contribution in [3.8, 4) is 0 Å². The van der Waals surface area contributed by atoms with E-state index < -0.39 is 18.4 Å². The zero-order valence-electron chi connectivity index (χ0n) is 12.8. The van der Waals surface area contributed by atoms with Crippen LogP contribution in [-0.2, 0) is 4.74 Å². The first kappa shape index (κ1) is 14.9. The van der Waals surface area contributed by atoms with Crippen molar-refractivity contribution >= 4 is 17.1 Å². The Morgan fingerprint density at radius 2 is 2.32 bits per heavy atom. The van der Waals surface area contributed by atoms with Gasteiger partial charge in [-0.05, 0) is 0 Å². The van der Waals surface area contributed by atoms with Crippen molar-refractivity contribution in [3.63, 3.8) is 0 Å². The van der Waals surface area contributed by atoms with E-state index in [1.54, 1.807) is 13.4 Å². The summed E-state index contributed by atoms with van der Waals surface area (Å²) in [5.41, 5.74) is 1.92. The molecule has 0 aromatic carbocycles. The van der Waals surface area contributed by atoms with Crippen molar-refractivity contribution in [3.05, 3.63) is 11.8 Å². The smallest absolute Gasteiger partial charge is 0.210 e. The lowest BCUT2D eigenvalue weighted by molar-refractivity contribution is -0.0452. The summed E-state index contributed by atoms with van der Waals surface area (Å²) in [6.07, 6.45) is 0.148. The summed E-state index contributed by atoms with van der Waals surface area (Å²) in [6.45, 7) is -0.228. The number of hydrogen-bond donors (Lipinski definition) is 3. The molecule has 3 rings (SSSR count). The summed E-state index contributed by atoms with van der Waals surface area (Å²) in [7, 11) is 5.41. The quantitative estimate of drug-likeness (QED) is 0.670. The van der Waals surface area contributed by atoms with Gasteiger partial charge in [-0.2, -0.15) is 4.98 Å². The first-order chi connectivity index (χ1) is 10.6. The van der Waals surface area contributed by atoms with Gasteiger partial charge in [0.1, 0.15) is 17.8 Å². The van der Waals surface area contributed by atoms with Crippen molar-refractivity contribution in [2.45, 2.75) is 24.9 Å². The summed E-state index contributed by atoms with van der Waals surface area (Å²) in [6, 6.07) is 0. The molecule has 9 heteroatoms. The van der Waals surface area contributed by atoms with Gasteiger partial charge >= 0.3 is 0 Å². The average Bonchev–Trinajstić information content (AvgIpc) is 3.10. The second kappa shape index (κ2) is 5.67. The first-order valence-corrected chi connectivity index (χ1v) is 7.07. The minimum atomic E-state index is -0.723. The third kappa shape index (κ3) is 2.27. The molecule has 2 aromatic heterocycles. The van der Waals surface area contributed by atoms with Crippen molar-refractivity contribution in [2.24, 2.45) is 4.99 Å². The van der Waals surface area contributed by atoms with E-state index in [0.717, 1.165) is 0 Å². The van der Waals surface area contributed by atoms with E-state index in [-0.39, 0.29) is 6.61 Å². The number of ether oxygens (including phenoxy) is 1. The number of aromatic amines is 1. The van der Waals surface area contributed by atoms with Crippen molar-refractivity contribution in [1.29, 1.82) is 0 Å². The second-order valence-electron chi connectivity index (χ2n) is 5.44. The molecule has 22 heavy (non-hydrogen) atoms. The molecule has 3 atom stereocenters. The highest BCUT2D eigenvalue weighted by atomic mass is 16.5. The van der Waals surface area contributed by atoms with Gasteiger partial charge in [-0.15, -0.1) is 0 Å². The van der Waals surface area contributed by atoms with Crippen LogP contribution in [0.1, 0.15) is 12.6 Å². The molecule has 0 bridgehead atoms. The number of nitrogens with one attached hydrogen (secondary N) is 1. The van der Waals surface area contributed by atoms with E-state index in [9.17, 15) is 10.2 Å². The fourth-order valence-corrected chi connectivity index (χ4v) is 2.74. The van der Waals surface area contributed by atoms with Crippen molar-refractivity contribution < 1.29 is 14.9 Å². The molecule has 1 fully saturated rings. The van der Waals surface area contributed by atoms with Crippen LogP contribution in [0.4, 0.5) is 5.95 Å². The maximum absolute atomic E-state index is 10.0. The molecule has 0 aliphatic carbocycles. The Morgan fingerprint density at radius 1 is 1.55 bits per heavy atom. The number of hydrogen-bond acceptors (Lipinski definition) is 7. The van der Waals surface area contributed by atoms with Gasteiger partial charge < -0.3 is 24.8 Å². The topological polar surface area (TPSA) is 112 Å². The van der Waals surface area contributed by atoms with Gasteiger partial charge in [0.05, 0.1) is 19.0 Å². The molecule has 0 radical (unpaired) electrons. The number of fused-ring (bicyclic) bond motifs is 1. The molecule has 2 aromatic rings. The highest BCUT2D eigenvalue weighted by Gasteiger charge is 2.36. The summed E-state index contributed by atoms with van der Waals surface area (Å²) >= 11 is 0. The first-order valence-electron chi connectivity index (χ1n) is 7.07. The second-order valence-corrected chi connectivity index (χ2v) is 5.44. The molecule has 9 nitrogen and oxygen atoms in total. The Kier molecular flexibility index (Phi) is 3.85. The molecule has 3 N–H and O–H groups in total. The number of anilines is 1. The SMILES string of the molecule is CN=c1c2[nH]cnc2nc(N(C)C)n1C1C[C@H](O)[C@@H](CO)O1. The van der Waals surface area contributed by atoms with E-state index >= 15 is 0 Å². The van der Waals surface area contributed by atoms with Crippen LogP contribution in [0.2, 0.25) is 0 Å². The van der Waals surface area contributed by atoms with Crippen LogP contribution in [-0.4, -0.2) is 69.7 Å². The van der Waals surface area contributed by atoms with E-state index in [0.29, 0.717) is 29.0 Å². The standard InChI is InChI=1S/C13H20N6O3/c1-14-12-10-11(16-6-15-10)17-13(18(2)3)19(12)9-4-7(21)8(5-20)22-9/h6-9,20-21H,4-5H2,1-3H3,(H,15,16)/t7-,8+,9?/m0/s1. The maximum atomic E-state index is 10.0. The summed E-state index contributed by atoms with van der Waals surface area (Å²) in [4.78, 5) is 17.9. The van der Waals surface area contributed by atoms with E-state index in [4.69, 9.17) is 4.74 Å². The molecule has 0 saturated carbocycles. The predicted molar refractivity (Wildman–Crippen MR) is 79.3 cm³/mol. The normalized spacial score (nSPS) is 26.0. The number of nitrogens with zero attached hydrogens (tertiary/aromatic N) is 5. The van der Waals surface area contributed by atoms with Gasteiger partial charge in [0.25, 0.3) is 0 Å². The van der Waals surface area contributed by atoms with Gasteiger partial charge in [-0.1, -0.05) is 0 Å². The lowest BCUT2D eigenvalue weighted by Crippen LogP contribution is -2.33. The monoisotopic (exact) mass is 308 g/mol. The number of H-pyrrole nitrogens is 1. The van der Waals surface area contributed by atoms with Gasteiger partial charge in [0.15, 0.2) is 11.1 Å². The third-order valence-electron chi connectivity index (χ3n) is 3.78. The molecular formula is C13H20N6O3. The van der Waals surface area contributed by atoms with Crippen LogP contribution in [0, 0.1) is 0 Å². The average molecular weight is 308 g/mol. The Bertz CT molecular complexity index is 737. The molecule has 1 aliphatic heterocycles. The minimum Gasteiger partial charge on any atom is -0.394 e. The third-order valence-corrected chi connectivity index (χ3v) is 3.78. The van der Waals surface area contributed by atoms with E-state index in [1.165, 1.54) is 0 Å². The Balaban J connectivity index is 2.21. The molecular weight excluding hydrogens is 288 g/mol. The van der Waals surface area contributed by atoms with Gasteiger partial charge in [0.2, 0.25) is 5.95 Å². The molecule has 1 unspecified atom stereocenters. The highest BCUT2D eigenvalue weighted by Crippen LogP contribution is 2.30. The molecule has 0 amide bonds. The lowest BCUT2D eigenvalue weighted by atomic mass is 10.2. The van der Waals surface area contributed by atoms with E-state index in [1.807, 2.05) is 23.6 Å². The highest BCUT2D eigenvalue weighted by molar-refractivity contribution is 5.70. The van der Waals surface area contributed by atoms with Crippen LogP contribution < -0.4 is 10.4 Å². The van der Waals surface area contributed by atoms with Crippen LogP contribution in [0.25, 0.3) is 11.2 Å². The van der Waals surface area contributed by atoms with Crippen LogP contribution in [0.3, 0.4) is 0 Å². The number of imidazole rings is 1. The van der Waals surface area contributed by atoms with Crippen molar-refractivity contribution in [2.75, 3.05) is 32.6 Å². The molecule has 0 spiro atoms. The number of aliphatic hydroxyl groups is 2. The summed E-state index contributed by atoms with van der Waals surface area (Å²) in [5, 5.41) is 19.3. The predicted octanol–water partition coefficient (Wildman–Crippen LogP) is -1.00. The molecule has 1 aliphatic rings. The van der Waals surface area contributed by atoms with Gasteiger partial charge in [0, 0.05) is 27.6 Å².